The highest BCUT2D eigenvalue weighted by Crippen LogP contribution is 2.23. The van der Waals surface area contributed by atoms with Crippen molar-refractivity contribution in [3.63, 3.8) is 0 Å². The molecular weight excluding hydrogens is 414 g/mol. The van der Waals surface area contributed by atoms with Crippen molar-refractivity contribution in [3.05, 3.63) is 81.0 Å². The van der Waals surface area contributed by atoms with Crippen LogP contribution in [0.2, 0.25) is 5.02 Å². The molecule has 0 N–H and O–H groups in total. The quantitative estimate of drug-likeness (QED) is 0.591. The van der Waals surface area contributed by atoms with Crippen molar-refractivity contribution in [1.82, 2.24) is 14.9 Å². The summed E-state index contributed by atoms with van der Waals surface area (Å²) in [7, 11) is 0. The van der Waals surface area contributed by atoms with Crippen LogP contribution in [0.1, 0.15) is 21.6 Å². The molecule has 0 aliphatic carbocycles. The maximum Gasteiger partial charge on any atom is 0.254 e. The molecule has 0 fully saturated rings. The van der Waals surface area contributed by atoms with Crippen LogP contribution < -0.4 is 0 Å². The predicted octanol–water partition coefficient (Wildman–Crippen LogP) is 4.76. The lowest BCUT2D eigenvalue weighted by molar-refractivity contribution is 0.0733. The fourth-order valence-corrected chi connectivity index (χ4v) is 3.56. The summed E-state index contributed by atoms with van der Waals surface area (Å²) in [6.07, 6.45) is 2.55. The van der Waals surface area contributed by atoms with Crippen LogP contribution in [0.15, 0.2) is 59.2 Å². The first-order valence-electron chi connectivity index (χ1n) is 8.26. The zero-order valence-electron chi connectivity index (χ0n) is 13.8. The molecule has 6 heteroatoms. The molecule has 0 spiro atoms. The first-order valence-corrected chi connectivity index (χ1v) is 9.43. The third-order valence-electron chi connectivity index (χ3n) is 4.40. The Morgan fingerprint density at radius 2 is 1.96 bits per heavy atom. The van der Waals surface area contributed by atoms with E-state index in [0.29, 0.717) is 29.5 Å². The van der Waals surface area contributed by atoms with Crippen molar-refractivity contribution in [2.45, 2.75) is 13.0 Å². The first-order chi connectivity index (χ1) is 12.6. The van der Waals surface area contributed by atoms with Crippen LogP contribution in [0.3, 0.4) is 0 Å². The molecular formula is C20H15BrClN3O. The summed E-state index contributed by atoms with van der Waals surface area (Å²) < 4.78 is 0.900. The number of hydrogen-bond donors (Lipinski definition) is 0. The molecule has 4 rings (SSSR count). The van der Waals surface area contributed by atoms with Crippen LogP contribution in [-0.4, -0.2) is 27.3 Å². The number of halogens is 2. The van der Waals surface area contributed by atoms with Crippen LogP contribution >= 0.6 is 27.5 Å². The van der Waals surface area contributed by atoms with Gasteiger partial charge in [0, 0.05) is 51.9 Å². The number of hydrogen-bond acceptors (Lipinski definition) is 3. The number of carbonyl (C=O) groups excluding carboxylic acids is 1. The average Bonchev–Trinajstić information content (AvgIpc) is 2.67. The number of fused-ring (bicyclic) bond motifs is 1. The summed E-state index contributed by atoms with van der Waals surface area (Å²) in [5, 5.41) is 0.688. The van der Waals surface area contributed by atoms with Crippen molar-refractivity contribution >= 4 is 33.4 Å². The monoisotopic (exact) mass is 427 g/mol. The van der Waals surface area contributed by atoms with Crippen molar-refractivity contribution in [3.8, 4) is 11.4 Å². The fraction of sp³-hybridized carbons (Fsp3) is 0.150. The zero-order chi connectivity index (χ0) is 18.1. The molecule has 0 atom stereocenters. The Kier molecular flexibility index (Phi) is 4.74. The Morgan fingerprint density at radius 3 is 2.73 bits per heavy atom. The Morgan fingerprint density at radius 1 is 1.15 bits per heavy atom. The number of aromatic nitrogens is 2. The second-order valence-electron chi connectivity index (χ2n) is 6.16. The molecule has 0 saturated heterocycles. The van der Waals surface area contributed by atoms with Gasteiger partial charge in [0.25, 0.3) is 5.91 Å². The molecule has 0 unspecified atom stereocenters. The molecule has 1 aliphatic heterocycles. The number of carbonyl (C=O) groups is 1. The van der Waals surface area contributed by atoms with Gasteiger partial charge in [-0.2, -0.15) is 0 Å². The SMILES string of the molecule is O=C(c1cccc(Br)c1)N1CCc2nc(-c3ccc(Cl)cc3)ncc2C1. The third-order valence-corrected chi connectivity index (χ3v) is 5.14. The number of rotatable bonds is 2. The molecule has 0 saturated carbocycles. The lowest BCUT2D eigenvalue weighted by atomic mass is 10.1. The summed E-state index contributed by atoms with van der Waals surface area (Å²) in [6.45, 7) is 1.18. The van der Waals surface area contributed by atoms with Crippen molar-refractivity contribution in [2.75, 3.05) is 6.54 Å². The largest absolute Gasteiger partial charge is 0.334 e. The molecule has 2 heterocycles. The van der Waals surface area contributed by atoms with E-state index in [1.54, 1.807) is 0 Å². The van der Waals surface area contributed by atoms with E-state index in [0.717, 1.165) is 27.7 Å². The summed E-state index contributed by atoms with van der Waals surface area (Å²) >= 11 is 9.36. The zero-order valence-corrected chi connectivity index (χ0v) is 16.2. The van der Waals surface area contributed by atoms with Gasteiger partial charge < -0.3 is 4.90 Å². The average molecular weight is 429 g/mol. The van der Waals surface area contributed by atoms with Gasteiger partial charge in [-0.3, -0.25) is 4.79 Å². The standard InChI is InChI=1S/C20H15BrClN3O/c21-16-3-1-2-14(10-16)20(26)25-9-8-18-15(12-25)11-23-19(24-18)13-4-6-17(22)7-5-13/h1-7,10-11H,8-9,12H2. The molecule has 130 valence electrons. The van der Waals surface area contributed by atoms with Gasteiger partial charge in [0.15, 0.2) is 5.82 Å². The van der Waals surface area contributed by atoms with Crippen molar-refractivity contribution in [2.24, 2.45) is 0 Å². The molecule has 1 aromatic heterocycles. The minimum atomic E-state index is 0.0266. The molecule has 26 heavy (non-hydrogen) atoms. The van der Waals surface area contributed by atoms with Crippen LogP contribution in [0.5, 0.6) is 0 Å². The summed E-state index contributed by atoms with van der Waals surface area (Å²) in [4.78, 5) is 23.7. The lowest BCUT2D eigenvalue weighted by Crippen LogP contribution is -2.36. The Labute approximate surface area is 165 Å². The Hall–Kier alpha value is -2.24. The van der Waals surface area contributed by atoms with Gasteiger partial charge in [-0.25, -0.2) is 9.97 Å². The number of nitrogens with zero attached hydrogens (tertiary/aromatic N) is 3. The maximum atomic E-state index is 12.7. The lowest BCUT2D eigenvalue weighted by Gasteiger charge is -2.28. The van der Waals surface area contributed by atoms with E-state index < -0.39 is 0 Å². The number of benzene rings is 2. The van der Waals surface area contributed by atoms with E-state index in [9.17, 15) is 4.79 Å². The van der Waals surface area contributed by atoms with Gasteiger partial charge in [0.2, 0.25) is 0 Å². The van der Waals surface area contributed by atoms with Gasteiger partial charge in [-0.05, 0) is 42.5 Å². The van der Waals surface area contributed by atoms with E-state index in [4.69, 9.17) is 16.6 Å². The molecule has 3 aromatic rings. The third kappa shape index (κ3) is 3.50. The molecule has 0 bridgehead atoms. The first kappa shape index (κ1) is 17.2. The molecule has 2 aromatic carbocycles. The minimum absolute atomic E-state index is 0.0266. The summed E-state index contributed by atoms with van der Waals surface area (Å²) in [6, 6.07) is 15.0. The van der Waals surface area contributed by atoms with Crippen LogP contribution in [0.25, 0.3) is 11.4 Å². The topological polar surface area (TPSA) is 46.1 Å². The smallest absolute Gasteiger partial charge is 0.254 e. The molecule has 1 amide bonds. The molecule has 4 nitrogen and oxygen atoms in total. The van der Waals surface area contributed by atoms with E-state index in [-0.39, 0.29) is 5.91 Å². The Bertz CT molecular complexity index is 975. The van der Waals surface area contributed by atoms with E-state index in [1.165, 1.54) is 0 Å². The van der Waals surface area contributed by atoms with Gasteiger partial charge in [0.05, 0.1) is 5.69 Å². The maximum absolute atomic E-state index is 12.7. The highest BCUT2D eigenvalue weighted by molar-refractivity contribution is 9.10. The van der Waals surface area contributed by atoms with Gasteiger partial charge in [-0.15, -0.1) is 0 Å². The second-order valence-corrected chi connectivity index (χ2v) is 7.51. The van der Waals surface area contributed by atoms with Crippen molar-refractivity contribution < 1.29 is 4.79 Å². The van der Waals surface area contributed by atoms with Crippen LogP contribution in [-0.2, 0) is 13.0 Å². The van der Waals surface area contributed by atoms with Crippen molar-refractivity contribution in [1.29, 1.82) is 0 Å². The Balaban J connectivity index is 1.56. The van der Waals surface area contributed by atoms with E-state index in [1.807, 2.05) is 59.6 Å². The normalized spacial score (nSPS) is 13.4. The second kappa shape index (κ2) is 7.17. The fourth-order valence-electron chi connectivity index (χ4n) is 3.03. The van der Waals surface area contributed by atoms with Gasteiger partial charge >= 0.3 is 0 Å². The molecule has 1 aliphatic rings. The number of amides is 1. The van der Waals surface area contributed by atoms with Crippen LogP contribution in [0.4, 0.5) is 0 Å². The minimum Gasteiger partial charge on any atom is -0.334 e. The highest BCUT2D eigenvalue weighted by Gasteiger charge is 2.23. The summed E-state index contributed by atoms with van der Waals surface area (Å²) in [5.74, 6) is 0.714. The van der Waals surface area contributed by atoms with Gasteiger partial charge in [-0.1, -0.05) is 33.6 Å². The predicted molar refractivity (Wildman–Crippen MR) is 105 cm³/mol. The highest BCUT2D eigenvalue weighted by atomic mass is 79.9. The van der Waals surface area contributed by atoms with Crippen LogP contribution in [0, 0.1) is 0 Å². The van der Waals surface area contributed by atoms with E-state index >= 15 is 0 Å². The van der Waals surface area contributed by atoms with E-state index in [2.05, 4.69) is 20.9 Å². The molecule has 0 radical (unpaired) electrons. The van der Waals surface area contributed by atoms with Gasteiger partial charge in [0.1, 0.15) is 0 Å². The summed E-state index contributed by atoms with van der Waals surface area (Å²) in [5.41, 5.74) is 3.62.